The Bertz CT molecular complexity index is 647. The maximum absolute atomic E-state index is 11.7. The Kier molecular flexibility index (Phi) is 17.9. The van der Waals surface area contributed by atoms with Gasteiger partial charge in [0.05, 0.1) is 6.61 Å². The van der Waals surface area contributed by atoms with Gasteiger partial charge in [-0.25, -0.2) is 0 Å². The SMILES string of the molecule is CCCCCCCCCCCCCCCCOc1ccc(COC(=O)CC[C@H](N)C(=O)O)cc1. The number of unbranched alkanes of at least 4 members (excludes halogenated alkanes) is 13. The Labute approximate surface area is 206 Å². The molecule has 1 aromatic carbocycles. The monoisotopic (exact) mass is 477 g/mol. The summed E-state index contributed by atoms with van der Waals surface area (Å²) in [5, 5.41) is 8.72. The van der Waals surface area contributed by atoms with Crippen LogP contribution >= 0.6 is 0 Å². The van der Waals surface area contributed by atoms with Gasteiger partial charge in [0.2, 0.25) is 0 Å². The summed E-state index contributed by atoms with van der Waals surface area (Å²) in [5.41, 5.74) is 6.24. The number of hydrogen-bond donors (Lipinski definition) is 2. The molecule has 0 unspecified atom stereocenters. The number of carbonyl (C=O) groups excluding carboxylic acids is 1. The Hall–Kier alpha value is -2.08. The van der Waals surface area contributed by atoms with Crippen LogP contribution in [-0.2, 0) is 20.9 Å². The fraction of sp³-hybridized carbons (Fsp3) is 0.714. The van der Waals surface area contributed by atoms with Gasteiger partial charge < -0.3 is 20.3 Å². The maximum Gasteiger partial charge on any atom is 0.320 e. The molecule has 194 valence electrons. The van der Waals surface area contributed by atoms with Gasteiger partial charge in [0.1, 0.15) is 18.4 Å². The van der Waals surface area contributed by atoms with Crippen molar-refractivity contribution in [2.45, 2.75) is 122 Å². The lowest BCUT2D eigenvalue weighted by Crippen LogP contribution is -2.30. The van der Waals surface area contributed by atoms with Crippen molar-refractivity contribution < 1.29 is 24.2 Å². The van der Waals surface area contributed by atoms with Crippen molar-refractivity contribution >= 4 is 11.9 Å². The van der Waals surface area contributed by atoms with Gasteiger partial charge in [0.15, 0.2) is 0 Å². The van der Waals surface area contributed by atoms with Crippen molar-refractivity contribution in [3.05, 3.63) is 29.8 Å². The van der Waals surface area contributed by atoms with Crippen LogP contribution in [0, 0.1) is 0 Å². The van der Waals surface area contributed by atoms with Crippen molar-refractivity contribution in [1.82, 2.24) is 0 Å². The van der Waals surface area contributed by atoms with Crippen LogP contribution < -0.4 is 10.5 Å². The van der Waals surface area contributed by atoms with E-state index in [0.717, 1.165) is 24.3 Å². The predicted molar refractivity (Wildman–Crippen MR) is 137 cm³/mol. The van der Waals surface area contributed by atoms with E-state index in [1.165, 1.54) is 83.5 Å². The summed E-state index contributed by atoms with van der Waals surface area (Å²) in [6.07, 6.45) is 18.9. The lowest BCUT2D eigenvalue weighted by atomic mass is 10.0. The first-order valence-electron chi connectivity index (χ1n) is 13.4. The molecule has 0 saturated heterocycles. The third-order valence-electron chi connectivity index (χ3n) is 6.07. The van der Waals surface area contributed by atoms with Gasteiger partial charge in [0, 0.05) is 6.42 Å². The third kappa shape index (κ3) is 16.5. The summed E-state index contributed by atoms with van der Waals surface area (Å²) in [6.45, 7) is 3.14. The molecular weight excluding hydrogens is 430 g/mol. The topological polar surface area (TPSA) is 98.9 Å². The minimum absolute atomic E-state index is 0.00610. The second kappa shape index (κ2) is 20.3. The second-order valence-corrected chi connectivity index (χ2v) is 9.23. The molecule has 6 heteroatoms. The minimum Gasteiger partial charge on any atom is -0.494 e. The number of rotatable bonds is 22. The van der Waals surface area contributed by atoms with Crippen LogP contribution in [-0.4, -0.2) is 29.7 Å². The number of carbonyl (C=O) groups is 2. The van der Waals surface area contributed by atoms with Gasteiger partial charge in [-0.15, -0.1) is 0 Å². The van der Waals surface area contributed by atoms with Crippen LogP contribution in [0.1, 0.15) is 115 Å². The van der Waals surface area contributed by atoms with E-state index in [-0.39, 0.29) is 19.4 Å². The van der Waals surface area contributed by atoms with Gasteiger partial charge in [-0.1, -0.05) is 103 Å². The van der Waals surface area contributed by atoms with Gasteiger partial charge in [0.25, 0.3) is 0 Å². The molecule has 3 N–H and O–H groups in total. The summed E-state index contributed by atoms with van der Waals surface area (Å²) in [6, 6.07) is 6.47. The number of hydrogen-bond acceptors (Lipinski definition) is 5. The second-order valence-electron chi connectivity index (χ2n) is 9.23. The zero-order valence-corrected chi connectivity index (χ0v) is 21.3. The molecule has 0 aliphatic rings. The van der Waals surface area contributed by atoms with E-state index in [1.807, 2.05) is 24.3 Å². The van der Waals surface area contributed by atoms with E-state index in [0.29, 0.717) is 0 Å². The van der Waals surface area contributed by atoms with Gasteiger partial charge in [-0.2, -0.15) is 0 Å². The van der Waals surface area contributed by atoms with E-state index in [2.05, 4.69) is 6.92 Å². The Morgan fingerprint density at radius 2 is 1.32 bits per heavy atom. The Morgan fingerprint density at radius 3 is 1.82 bits per heavy atom. The lowest BCUT2D eigenvalue weighted by Gasteiger charge is -2.09. The molecule has 0 aromatic heterocycles. The fourth-order valence-corrected chi connectivity index (χ4v) is 3.80. The molecule has 0 heterocycles. The van der Waals surface area contributed by atoms with E-state index >= 15 is 0 Å². The first-order chi connectivity index (χ1) is 16.5. The van der Waals surface area contributed by atoms with Crippen LogP contribution in [0.15, 0.2) is 24.3 Å². The lowest BCUT2D eigenvalue weighted by molar-refractivity contribution is -0.145. The smallest absolute Gasteiger partial charge is 0.320 e. The molecule has 1 atom stereocenters. The highest BCUT2D eigenvalue weighted by atomic mass is 16.5. The molecule has 1 rings (SSSR count). The number of ether oxygens (including phenoxy) is 2. The Morgan fingerprint density at radius 1 is 0.824 bits per heavy atom. The largest absolute Gasteiger partial charge is 0.494 e. The zero-order chi connectivity index (χ0) is 24.9. The molecule has 0 aliphatic carbocycles. The highest BCUT2D eigenvalue weighted by Gasteiger charge is 2.14. The highest BCUT2D eigenvalue weighted by Crippen LogP contribution is 2.15. The van der Waals surface area contributed by atoms with Crippen LogP contribution in [0.2, 0.25) is 0 Å². The van der Waals surface area contributed by atoms with E-state index in [4.69, 9.17) is 20.3 Å². The summed E-state index contributed by atoms with van der Waals surface area (Å²) < 4.78 is 11.0. The van der Waals surface area contributed by atoms with Gasteiger partial charge in [-0.3, -0.25) is 9.59 Å². The molecule has 0 amide bonds. The maximum atomic E-state index is 11.7. The molecule has 34 heavy (non-hydrogen) atoms. The number of carboxylic acid groups (broad SMARTS) is 1. The van der Waals surface area contributed by atoms with E-state index < -0.39 is 18.0 Å². The predicted octanol–water partition coefficient (Wildman–Crippen LogP) is 6.78. The Balaban J connectivity index is 1.96. The van der Waals surface area contributed by atoms with Crippen LogP contribution in [0.3, 0.4) is 0 Å². The molecule has 0 aliphatic heterocycles. The molecule has 0 radical (unpaired) electrons. The molecule has 0 spiro atoms. The zero-order valence-electron chi connectivity index (χ0n) is 21.3. The average Bonchev–Trinajstić information content (AvgIpc) is 2.84. The highest BCUT2D eigenvalue weighted by molar-refractivity contribution is 5.75. The van der Waals surface area contributed by atoms with E-state index in [9.17, 15) is 9.59 Å². The van der Waals surface area contributed by atoms with Crippen molar-refractivity contribution in [2.75, 3.05) is 6.61 Å². The van der Waals surface area contributed by atoms with Gasteiger partial charge >= 0.3 is 11.9 Å². The minimum atomic E-state index is -1.11. The number of nitrogens with two attached hydrogens (primary N) is 1. The summed E-state index contributed by atoms with van der Waals surface area (Å²) in [4.78, 5) is 22.3. The number of esters is 1. The summed E-state index contributed by atoms with van der Waals surface area (Å²) >= 11 is 0. The first kappa shape index (κ1) is 30.0. The van der Waals surface area contributed by atoms with Crippen molar-refractivity contribution in [3.63, 3.8) is 0 Å². The standard InChI is InChI=1S/C28H47NO5/c1-2-3-4-5-6-7-8-9-10-11-12-13-14-15-22-33-25-18-16-24(17-19-25)23-34-27(30)21-20-26(29)28(31)32/h16-19,26H,2-15,20-23,29H2,1H3,(H,31,32)/t26-/m0/s1. The molecule has 0 saturated carbocycles. The van der Waals surface area contributed by atoms with Crippen molar-refractivity contribution in [3.8, 4) is 5.75 Å². The number of carboxylic acids is 1. The average molecular weight is 478 g/mol. The van der Waals surface area contributed by atoms with E-state index in [1.54, 1.807) is 0 Å². The number of aliphatic carboxylic acids is 1. The number of benzene rings is 1. The molecule has 0 bridgehead atoms. The molecule has 1 aromatic rings. The third-order valence-corrected chi connectivity index (χ3v) is 6.07. The van der Waals surface area contributed by atoms with Gasteiger partial charge in [-0.05, 0) is 30.5 Å². The molecule has 0 fully saturated rings. The normalized spacial score (nSPS) is 11.8. The van der Waals surface area contributed by atoms with Crippen molar-refractivity contribution in [2.24, 2.45) is 5.73 Å². The quantitative estimate of drug-likeness (QED) is 0.141. The summed E-state index contributed by atoms with van der Waals surface area (Å²) in [7, 11) is 0. The molecular formula is C28H47NO5. The van der Waals surface area contributed by atoms with Crippen molar-refractivity contribution in [1.29, 1.82) is 0 Å². The fourth-order valence-electron chi connectivity index (χ4n) is 3.80. The summed E-state index contributed by atoms with van der Waals surface area (Å²) in [5.74, 6) is -0.746. The van der Waals surface area contributed by atoms with Crippen LogP contribution in [0.5, 0.6) is 5.75 Å². The van der Waals surface area contributed by atoms with Crippen LogP contribution in [0.4, 0.5) is 0 Å². The molecule has 6 nitrogen and oxygen atoms in total. The first-order valence-corrected chi connectivity index (χ1v) is 13.4. The van der Waals surface area contributed by atoms with Crippen LogP contribution in [0.25, 0.3) is 0 Å².